The van der Waals surface area contributed by atoms with Crippen molar-refractivity contribution in [1.29, 1.82) is 0 Å². The van der Waals surface area contributed by atoms with Crippen LogP contribution in [0.2, 0.25) is 0 Å². The number of benzene rings is 3. The summed E-state index contributed by atoms with van der Waals surface area (Å²) in [6, 6.07) is 22.3. The largest absolute Gasteiger partial charge is 0.489 e. The molecule has 0 aromatic heterocycles. The average Bonchev–Trinajstić information content (AvgIpc) is 3.15. The molecule has 1 heterocycles. The Labute approximate surface area is 151 Å². The van der Waals surface area contributed by atoms with Crippen LogP contribution in [0.15, 0.2) is 72.8 Å². The first kappa shape index (κ1) is 16.0. The Bertz CT molecular complexity index is 924. The Balaban J connectivity index is 1.43. The van der Waals surface area contributed by atoms with Crippen molar-refractivity contribution in [3.63, 3.8) is 0 Å². The first-order valence-corrected chi connectivity index (χ1v) is 8.26. The Morgan fingerprint density at radius 3 is 2.65 bits per heavy atom. The van der Waals surface area contributed by atoms with Crippen molar-refractivity contribution in [2.75, 3.05) is 12.1 Å². The van der Waals surface area contributed by atoms with Crippen molar-refractivity contribution in [2.24, 2.45) is 0 Å². The maximum Gasteiger partial charge on any atom is 0.255 e. The van der Waals surface area contributed by atoms with Crippen LogP contribution in [0.1, 0.15) is 15.9 Å². The molecule has 0 bridgehead atoms. The molecule has 0 radical (unpaired) electrons. The van der Waals surface area contributed by atoms with Crippen LogP contribution in [-0.4, -0.2) is 12.7 Å². The molecule has 4 rings (SSSR count). The molecule has 26 heavy (non-hydrogen) atoms. The number of nitrogens with one attached hydrogen (secondary N) is 1. The third kappa shape index (κ3) is 3.62. The van der Waals surface area contributed by atoms with Crippen LogP contribution in [0.4, 0.5) is 5.69 Å². The molecule has 0 saturated carbocycles. The molecule has 0 saturated heterocycles. The molecule has 0 unspecified atom stereocenters. The second kappa shape index (κ2) is 7.19. The zero-order chi connectivity index (χ0) is 17.8. The Hall–Kier alpha value is -3.47. The monoisotopic (exact) mass is 347 g/mol. The zero-order valence-electron chi connectivity index (χ0n) is 14.0. The Morgan fingerprint density at radius 2 is 1.77 bits per heavy atom. The number of hydrogen-bond acceptors (Lipinski definition) is 4. The number of amides is 1. The fourth-order valence-corrected chi connectivity index (χ4v) is 2.65. The summed E-state index contributed by atoms with van der Waals surface area (Å²) in [6.07, 6.45) is 0. The molecule has 1 aliphatic rings. The summed E-state index contributed by atoms with van der Waals surface area (Å²) in [5, 5.41) is 2.86. The Morgan fingerprint density at radius 1 is 0.923 bits per heavy atom. The molecule has 130 valence electrons. The van der Waals surface area contributed by atoms with Gasteiger partial charge in [0.25, 0.3) is 5.91 Å². The maximum absolute atomic E-state index is 12.5. The molecule has 3 aromatic carbocycles. The summed E-state index contributed by atoms with van der Waals surface area (Å²) in [4.78, 5) is 12.5. The van der Waals surface area contributed by atoms with E-state index in [9.17, 15) is 4.79 Å². The van der Waals surface area contributed by atoms with Gasteiger partial charge in [-0.15, -0.1) is 0 Å². The van der Waals surface area contributed by atoms with Gasteiger partial charge in [0.15, 0.2) is 11.5 Å². The second-order valence-corrected chi connectivity index (χ2v) is 5.82. The number of fused-ring (bicyclic) bond motifs is 1. The lowest BCUT2D eigenvalue weighted by atomic mass is 10.2. The highest BCUT2D eigenvalue weighted by Gasteiger charge is 2.15. The van der Waals surface area contributed by atoms with Crippen molar-refractivity contribution in [3.8, 4) is 17.2 Å². The van der Waals surface area contributed by atoms with Gasteiger partial charge in [-0.05, 0) is 35.9 Å². The highest BCUT2D eigenvalue weighted by atomic mass is 16.7. The number of ether oxygens (including phenoxy) is 3. The second-order valence-electron chi connectivity index (χ2n) is 5.82. The van der Waals surface area contributed by atoms with Gasteiger partial charge in [-0.3, -0.25) is 4.79 Å². The smallest absolute Gasteiger partial charge is 0.255 e. The molecule has 5 heteroatoms. The third-order valence-corrected chi connectivity index (χ3v) is 3.97. The van der Waals surface area contributed by atoms with Gasteiger partial charge in [0, 0.05) is 17.3 Å². The molecule has 0 spiro atoms. The van der Waals surface area contributed by atoms with Gasteiger partial charge >= 0.3 is 0 Å². The van der Waals surface area contributed by atoms with Crippen LogP contribution in [-0.2, 0) is 6.61 Å². The highest BCUT2D eigenvalue weighted by Crippen LogP contribution is 2.34. The maximum atomic E-state index is 12.5. The van der Waals surface area contributed by atoms with Crippen molar-refractivity contribution in [1.82, 2.24) is 0 Å². The van der Waals surface area contributed by atoms with Crippen LogP contribution >= 0.6 is 0 Å². The van der Waals surface area contributed by atoms with E-state index in [1.54, 1.807) is 36.4 Å². The fraction of sp³-hybridized carbons (Fsp3) is 0.0952. The van der Waals surface area contributed by atoms with E-state index in [2.05, 4.69) is 5.32 Å². The topological polar surface area (TPSA) is 56.8 Å². The molecule has 0 aliphatic carbocycles. The zero-order valence-corrected chi connectivity index (χ0v) is 14.0. The molecular weight excluding hydrogens is 330 g/mol. The van der Waals surface area contributed by atoms with Crippen molar-refractivity contribution in [2.45, 2.75) is 6.61 Å². The molecule has 0 fully saturated rings. The van der Waals surface area contributed by atoms with E-state index in [-0.39, 0.29) is 12.7 Å². The number of carbonyl (C=O) groups excluding carboxylic acids is 1. The van der Waals surface area contributed by atoms with Crippen LogP contribution in [0.25, 0.3) is 0 Å². The van der Waals surface area contributed by atoms with Gasteiger partial charge in [-0.25, -0.2) is 0 Å². The minimum absolute atomic E-state index is 0.202. The summed E-state index contributed by atoms with van der Waals surface area (Å²) >= 11 is 0. The normalized spacial score (nSPS) is 11.8. The Kier molecular flexibility index (Phi) is 4.43. The fourth-order valence-electron chi connectivity index (χ4n) is 2.65. The summed E-state index contributed by atoms with van der Waals surface area (Å²) < 4.78 is 16.4. The molecule has 1 amide bonds. The van der Waals surface area contributed by atoms with Crippen LogP contribution < -0.4 is 19.5 Å². The van der Waals surface area contributed by atoms with E-state index in [0.717, 1.165) is 5.56 Å². The summed E-state index contributed by atoms with van der Waals surface area (Å²) in [7, 11) is 0. The lowest BCUT2D eigenvalue weighted by molar-refractivity contribution is 0.102. The van der Waals surface area contributed by atoms with Gasteiger partial charge < -0.3 is 19.5 Å². The summed E-state index contributed by atoms with van der Waals surface area (Å²) in [5.41, 5.74) is 2.24. The van der Waals surface area contributed by atoms with Crippen LogP contribution in [0.5, 0.6) is 17.2 Å². The van der Waals surface area contributed by atoms with Gasteiger partial charge in [-0.1, -0.05) is 36.4 Å². The molecule has 1 N–H and O–H groups in total. The SMILES string of the molecule is O=C(Nc1ccc2c(c1)OCO2)c1cccc(OCc2ccccc2)c1. The van der Waals surface area contributed by atoms with E-state index in [4.69, 9.17) is 14.2 Å². The minimum Gasteiger partial charge on any atom is -0.489 e. The van der Waals surface area contributed by atoms with Crippen molar-refractivity contribution < 1.29 is 19.0 Å². The van der Waals surface area contributed by atoms with Crippen LogP contribution in [0, 0.1) is 0 Å². The van der Waals surface area contributed by atoms with Gasteiger partial charge in [0.05, 0.1) is 0 Å². The first-order chi connectivity index (χ1) is 12.8. The lowest BCUT2D eigenvalue weighted by Crippen LogP contribution is -2.12. The third-order valence-electron chi connectivity index (χ3n) is 3.97. The number of carbonyl (C=O) groups is 1. The molecule has 1 aliphatic heterocycles. The van der Waals surface area contributed by atoms with E-state index in [1.807, 2.05) is 36.4 Å². The molecule has 0 atom stereocenters. The summed E-state index contributed by atoms with van der Waals surface area (Å²) in [6.45, 7) is 0.654. The number of anilines is 1. The van der Waals surface area contributed by atoms with Crippen LogP contribution in [0.3, 0.4) is 0 Å². The van der Waals surface area contributed by atoms with Crippen molar-refractivity contribution >= 4 is 11.6 Å². The van der Waals surface area contributed by atoms with Gasteiger partial charge in [0.2, 0.25) is 6.79 Å². The number of rotatable bonds is 5. The van der Waals surface area contributed by atoms with E-state index in [0.29, 0.717) is 35.1 Å². The molecular formula is C21H17NO4. The van der Waals surface area contributed by atoms with E-state index < -0.39 is 0 Å². The van der Waals surface area contributed by atoms with E-state index >= 15 is 0 Å². The van der Waals surface area contributed by atoms with E-state index in [1.165, 1.54) is 0 Å². The molecule has 3 aromatic rings. The van der Waals surface area contributed by atoms with Crippen molar-refractivity contribution in [3.05, 3.63) is 83.9 Å². The average molecular weight is 347 g/mol. The predicted molar refractivity (Wildman–Crippen MR) is 97.7 cm³/mol. The summed E-state index contributed by atoms with van der Waals surface area (Å²) in [5.74, 6) is 1.74. The number of hydrogen-bond donors (Lipinski definition) is 1. The highest BCUT2D eigenvalue weighted by molar-refractivity contribution is 6.04. The minimum atomic E-state index is -0.214. The quantitative estimate of drug-likeness (QED) is 0.750. The van der Waals surface area contributed by atoms with Gasteiger partial charge in [-0.2, -0.15) is 0 Å². The predicted octanol–water partition coefficient (Wildman–Crippen LogP) is 4.25. The lowest BCUT2D eigenvalue weighted by Gasteiger charge is -2.09. The first-order valence-electron chi connectivity index (χ1n) is 8.26. The molecule has 5 nitrogen and oxygen atoms in total. The standard InChI is InChI=1S/C21H17NO4/c23-21(22-17-9-10-19-20(12-17)26-14-25-19)16-7-4-8-18(11-16)24-13-15-5-2-1-3-6-15/h1-12H,13-14H2,(H,22,23). The van der Waals surface area contributed by atoms with Gasteiger partial charge in [0.1, 0.15) is 12.4 Å².